The lowest BCUT2D eigenvalue weighted by atomic mass is 10.0. The molecule has 0 spiro atoms. The van der Waals surface area contributed by atoms with E-state index in [-0.39, 0.29) is 42.3 Å². The number of rotatable bonds is 15. The van der Waals surface area contributed by atoms with Gasteiger partial charge < -0.3 is 33.2 Å². The number of hydrogen-bond acceptors (Lipinski definition) is 10. The van der Waals surface area contributed by atoms with Crippen molar-refractivity contribution in [1.82, 2.24) is 0 Å². The molecule has 2 aromatic carbocycles. The van der Waals surface area contributed by atoms with Crippen LogP contribution >= 0.6 is 11.6 Å². The zero-order valence-corrected chi connectivity index (χ0v) is 27.6. The highest BCUT2D eigenvalue weighted by Gasteiger charge is 2.46. The second-order valence-corrected chi connectivity index (χ2v) is 12.2. The summed E-state index contributed by atoms with van der Waals surface area (Å²) < 4.78 is 40.9. The third kappa shape index (κ3) is 10.0. The molecule has 0 N–H and O–H groups in total. The number of ether oxygens (including phenoxy) is 7. The van der Waals surface area contributed by atoms with E-state index in [9.17, 15) is 14.9 Å². The number of methoxy groups -OCH3 is 2. The molecular weight excluding hydrogens is 618 g/mol. The Hall–Kier alpha value is -3.48. The third-order valence-corrected chi connectivity index (χ3v) is 8.12. The lowest BCUT2D eigenvalue weighted by molar-refractivity contribution is -0.384. The molecule has 2 aliphatic rings. The number of allylic oxidation sites excluding steroid dienone is 3. The van der Waals surface area contributed by atoms with E-state index in [0.717, 1.165) is 11.1 Å². The van der Waals surface area contributed by atoms with E-state index in [4.69, 9.17) is 44.8 Å². The zero-order valence-electron chi connectivity index (χ0n) is 26.9. The van der Waals surface area contributed by atoms with E-state index in [1.165, 1.54) is 24.3 Å². The minimum Gasteiger partial charge on any atom is -0.493 e. The molecule has 2 aromatic rings. The van der Waals surface area contributed by atoms with Crippen LogP contribution in [-0.4, -0.2) is 68.5 Å². The summed E-state index contributed by atoms with van der Waals surface area (Å²) in [6.45, 7) is 6.55. The number of nitro groups is 1. The summed E-state index contributed by atoms with van der Waals surface area (Å²) in [5.74, 6) is 0.0755. The van der Waals surface area contributed by atoms with Crippen LogP contribution in [0.2, 0.25) is 0 Å². The molecule has 4 atom stereocenters. The van der Waals surface area contributed by atoms with Crippen molar-refractivity contribution in [3.05, 3.63) is 86.5 Å². The van der Waals surface area contributed by atoms with Crippen LogP contribution in [-0.2, 0) is 30.3 Å². The predicted molar refractivity (Wildman–Crippen MR) is 171 cm³/mol. The van der Waals surface area contributed by atoms with E-state index in [0.29, 0.717) is 55.4 Å². The first kappa shape index (κ1) is 35.4. The highest BCUT2D eigenvalue weighted by Crippen LogP contribution is 2.36. The van der Waals surface area contributed by atoms with Crippen molar-refractivity contribution < 1.29 is 42.9 Å². The van der Waals surface area contributed by atoms with Gasteiger partial charge in [-0.3, -0.25) is 10.1 Å². The normalized spacial score (nSPS) is 22.9. The topological polar surface area (TPSA) is 125 Å². The maximum absolute atomic E-state index is 12.3. The summed E-state index contributed by atoms with van der Waals surface area (Å²) in [5.41, 5.74) is 1.98. The van der Waals surface area contributed by atoms with Gasteiger partial charge in [0.25, 0.3) is 5.69 Å². The van der Waals surface area contributed by atoms with Gasteiger partial charge in [0.1, 0.15) is 18.8 Å². The van der Waals surface area contributed by atoms with E-state index in [1.807, 2.05) is 51.1 Å². The van der Waals surface area contributed by atoms with Crippen molar-refractivity contribution in [2.75, 3.05) is 27.4 Å². The number of carbonyl (C=O) groups is 1. The van der Waals surface area contributed by atoms with Crippen molar-refractivity contribution in [3.63, 3.8) is 0 Å². The lowest BCUT2D eigenvalue weighted by Crippen LogP contribution is -2.38. The van der Waals surface area contributed by atoms with Crippen molar-refractivity contribution >= 4 is 23.3 Å². The summed E-state index contributed by atoms with van der Waals surface area (Å²) in [6.07, 6.45) is 5.70. The van der Waals surface area contributed by atoms with E-state index >= 15 is 0 Å². The highest BCUT2D eigenvalue weighted by atomic mass is 35.5. The lowest BCUT2D eigenvalue weighted by Gasteiger charge is -2.25. The Kier molecular flexibility index (Phi) is 12.6. The van der Waals surface area contributed by atoms with Gasteiger partial charge in [-0.25, -0.2) is 4.79 Å². The number of nitro benzene ring substituents is 1. The molecule has 0 unspecified atom stereocenters. The smallest absolute Gasteiger partial charge is 0.338 e. The molecule has 0 radical (unpaired) electrons. The summed E-state index contributed by atoms with van der Waals surface area (Å²) in [6, 6.07) is 11.0. The van der Waals surface area contributed by atoms with E-state index < -0.39 is 16.7 Å². The van der Waals surface area contributed by atoms with Crippen LogP contribution < -0.4 is 9.47 Å². The van der Waals surface area contributed by atoms with Gasteiger partial charge >= 0.3 is 5.97 Å². The maximum atomic E-state index is 12.3. The highest BCUT2D eigenvalue weighted by molar-refractivity contribution is 6.29. The Morgan fingerprint density at radius 2 is 1.85 bits per heavy atom. The fraction of sp³-hybridized carbons (Fsp3) is 0.500. The molecule has 2 aliphatic heterocycles. The van der Waals surface area contributed by atoms with Gasteiger partial charge in [-0.15, -0.1) is 0 Å². The fourth-order valence-electron chi connectivity index (χ4n) is 5.32. The first-order valence-electron chi connectivity index (χ1n) is 15.2. The molecule has 0 aliphatic carbocycles. The Balaban J connectivity index is 1.26. The average molecular weight is 660 g/mol. The van der Waals surface area contributed by atoms with Gasteiger partial charge in [0.2, 0.25) is 0 Å². The van der Waals surface area contributed by atoms with Crippen molar-refractivity contribution in [1.29, 1.82) is 0 Å². The summed E-state index contributed by atoms with van der Waals surface area (Å²) in [7, 11) is 3.21. The number of hydrogen-bond donors (Lipinski definition) is 0. The Labute approximate surface area is 274 Å². The SMILES string of the molecule is COc1ccc(CO[C@@H]2C[C@@H](CC/C(Cl)=C/C/C=C(/C)COC(=O)c3ccc([N+](=O)[O-])cc3)O[C@H]2[C@H]2COC(C)(C)O2)cc1OC. The molecule has 12 heteroatoms. The standard InChI is InChI=1S/C34H42ClNO10/c1-22(19-43-33(37)24-10-13-26(14-11-24)36(38)39)7-6-8-25(35)12-15-27-18-30(32(45-27)31-21-44-34(2,3)46-31)42-20-23-9-16-28(40-4)29(17-23)41-5/h7-11,13-14,16-17,27,30-32H,6,12,15,18-21H2,1-5H3/b22-7-,25-8-/t27-,30-,31-,32-/m1/s1. The fourth-order valence-corrected chi connectivity index (χ4v) is 5.51. The summed E-state index contributed by atoms with van der Waals surface area (Å²) >= 11 is 6.56. The molecule has 0 amide bonds. The van der Waals surface area contributed by atoms with Gasteiger partial charge in [0, 0.05) is 23.6 Å². The zero-order chi connectivity index (χ0) is 33.3. The van der Waals surface area contributed by atoms with Gasteiger partial charge in [-0.2, -0.15) is 0 Å². The number of non-ortho nitro benzene ring substituents is 1. The third-order valence-electron chi connectivity index (χ3n) is 7.78. The number of esters is 1. The Bertz CT molecular complexity index is 1410. The second-order valence-electron chi connectivity index (χ2n) is 11.7. The quantitative estimate of drug-likeness (QED) is 0.0862. The van der Waals surface area contributed by atoms with Gasteiger partial charge in [-0.05, 0) is 75.4 Å². The van der Waals surface area contributed by atoms with Crippen molar-refractivity contribution in [2.24, 2.45) is 0 Å². The van der Waals surface area contributed by atoms with Crippen molar-refractivity contribution in [3.8, 4) is 11.5 Å². The van der Waals surface area contributed by atoms with Gasteiger partial charge in [0.05, 0.1) is 50.1 Å². The van der Waals surface area contributed by atoms with Crippen LogP contribution in [0.1, 0.15) is 62.4 Å². The minimum absolute atomic E-state index is 0.0639. The summed E-state index contributed by atoms with van der Waals surface area (Å²) in [4.78, 5) is 22.5. The molecule has 250 valence electrons. The molecule has 4 rings (SSSR count). The number of nitrogens with zero attached hydrogens (tertiary/aromatic N) is 1. The summed E-state index contributed by atoms with van der Waals surface area (Å²) in [5, 5.41) is 11.5. The van der Waals surface area contributed by atoms with Gasteiger partial charge in [0.15, 0.2) is 17.3 Å². The number of benzene rings is 2. The first-order valence-corrected chi connectivity index (χ1v) is 15.6. The molecule has 2 saturated heterocycles. The molecular formula is C34H42ClNO10. The number of halogens is 1. The molecule has 11 nitrogen and oxygen atoms in total. The van der Waals surface area contributed by atoms with Crippen LogP contribution in [0.4, 0.5) is 5.69 Å². The largest absolute Gasteiger partial charge is 0.493 e. The Morgan fingerprint density at radius 3 is 2.50 bits per heavy atom. The van der Waals surface area contributed by atoms with Crippen LogP contribution in [0.5, 0.6) is 11.5 Å². The molecule has 0 saturated carbocycles. The van der Waals surface area contributed by atoms with Crippen molar-refractivity contribution in [2.45, 2.75) is 83.3 Å². The first-order chi connectivity index (χ1) is 22.0. The van der Waals surface area contributed by atoms with E-state index in [2.05, 4.69) is 0 Å². The second kappa shape index (κ2) is 16.4. The molecule has 0 bridgehead atoms. The molecule has 0 aromatic heterocycles. The minimum atomic E-state index is -0.680. The average Bonchev–Trinajstić information content (AvgIpc) is 3.63. The van der Waals surface area contributed by atoms with Crippen LogP contribution in [0, 0.1) is 10.1 Å². The van der Waals surface area contributed by atoms with Gasteiger partial charge in [-0.1, -0.05) is 29.8 Å². The molecule has 46 heavy (non-hydrogen) atoms. The van der Waals surface area contributed by atoms with Crippen LogP contribution in [0.3, 0.4) is 0 Å². The molecule has 2 heterocycles. The Morgan fingerprint density at radius 1 is 1.11 bits per heavy atom. The predicted octanol–water partition coefficient (Wildman–Crippen LogP) is 6.90. The monoisotopic (exact) mass is 659 g/mol. The molecule has 2 fully saturated rings. The van der Waals surface area contributed by atoms with E-state index in [1.54, 1.807) is 14.2 Å². The number of carbonyl (C=O) groups excluding carboxylic acids is 1. The van der Waals surface area contributed by atoms with Crippen LogP contribution in [0.15, 0.2) is 65.2 Å². The van der Waals surface area contributed by atoms with Crippen LogP contribution in [0.25, 0.3) is 0 Å². The maximum Gasteiger partial charge on any atom is 0.338 e.